The Bertz CT molecular complexity index is 354. The van der Waals surface area contributed by atoms with Crippen LogP contribution in [0.15, 0.2) is 0 Å². The Morgan fingerprint density at radius 1 is 0.826 bits per heavy atom. The molecule has 0 rings (SSSR count). The lowest BCUT2D eigenvalue weighted by Crippen LogP contribution is -2.04. The van der Waals surface area contributed by atoms with Gasteiger partial charge in [0.05, 0.1) is 6.61 Å². The Labute approximate surface area is 141 Å². The van der Waals surface area contributed by atoms with E-state index in [1.165, 1.54) is 44.9 Å². The molecule has 0 aromatic heterocycles. The van der Waals surface area contributed by atoms with Crippen LogP contribution in [0.2, 0.25) is 0 Å². The summed E-state index contributed by atoms with van der Waals surface area (Å²) >= 11 is 0. The van der Waals surface area contributed by atoms with Gasteiger partial charge in [0.25, 0.3) is 0 Å². The van der Waals surface area contributed by atoms with Gasteiger partial charge in [-0.3, -0.25) is 9.35 Å². The van der Waals surface area contributed by atoms with Gasteiger partial charge in [0, 0.05) is 6.42 Å². The summed E-state index contributed by atoms with van der Waals surface area (Å²) in [6.45, 7) is 4.15. The van der Waals surface area contributed by atoms with Crippen LogP contribution in [-0.2, 0) is 19.4 Å². The van der Waals surface area contributed by atoms with Crippen LogP contribution in [0.1, 0.15) is 90.9 Å². The summed E-state index contributed by atoms with van der Waals surface area (Å²) in [5, 5.41) is 7.91. The zero-order valence-electron chi connectivity index (χ0n) is 14.6. The molecule has 0 amide bonds. The van der Waals surface area contributed by atoms with E-state index < -0.39 is 16.4 Å². The maximum Gasteiger partial charge on any atom is 0.397 e. The monoisotopic (exact) mass is 354 g/mol. The molecule has 0 atom stereocenters. The number of hydrogen-bond acceptors (Lipinski definition) is 4. The SMILES string of the molecule is CCCC(=O)O.CCCCCCCCCCCCOS(=O)(=O)O. The van der Waals surface area contributed by atoms with Crippen LogP contribution in [0.3, 0.4) is 0 Å². The first-order valence-electron chi connectivity index (χ1n) is 8.67. The van der Waals surface area contributed by atoms with E-state index in [0.717, 1.165) is 19.3 Å². The molecule has 7 heteroatoms. The van der Waals surface area contributed by atoms with Crippen LogP contribution < -0.4 is 0 Å². The van der Waals surface area contributed by atoms with Gasteiger partial charge < -0.3 is 5.11 Å². The third-order valence-corrected chi connectivity index (χ3v) is 3.66. The van der Waals surface area contributed by atoms with Crippen molar-refractivity contribution in [2.24, 2.45) is 0 Å². The van der Waals surface area contributed by atoms with Crippen molar-refractivity contribution in [3.63, 3.8) is 0 Å². The average Bonchev–Trinajstić information content (AvgIpc) is 2.44. The van der Waals surface area contributed by atoms with Gasteiger partial charge in [-0.2, -0.15) is 8.42 Å². The van der Waals surface area contributed by atoms with Gasteiger partial charge in [0.15, 0.2) is 0 Å². The van der Waals surface area contributed by atoms with Crippen LogP contribution in [0.5, 0.6) is 0 Å². The molecule has 0 unspecified atom stereocenters. The Hall–Kier alpha value is -0.660. The lowest BCUT2D eigenvalue weighted by molar-refractivity contribution is -0.137. The van der Waals surface area contributed by atoms with E-state index in [-0.39, 0.29) is 6.61 Å². The minimum Gasteiger partial charge on any atom is -0.481 e. The molecular weight excluding hydrogens is 320 g/mol. The maximum atomic E-state index is 10.2. The number of unbranched alkanes of at least 4 members (excludes halogenated alkanes) is 9. The Morgan fingerprint density at radius 3 is 1.57 bits per heavy atom. The Morgan fingerprint density at radius 2 is 1.26 bits per heavy atom. The second kappa shape index (κ2) is 17.7. The first-order chi connectivity index (χ1) is 10.8. The van der Waals surface area contributed by atoms with Crippen molar-refractivity contribution in [2.45, 2.75) is 90.9 Å². The fourth-order valence-corrected chi connectivity index (χ4v) is 2.30. The molecule has 0 radical (unpaired) electrons. The molecule has 0 saturated carbocycles. The van der Waals surface area contributed by atoms with Gasteiger partial charge in [0.1, 0.15) is 0 Å². The van der Waals surface area contributed by atoms with E-state index in [2.05, 4.69) is 11.1 Å². The number of hydrogen-bond donors (Lipinski definition) is 2. The highest BCUT2D eigenvalue weighted by Gasteiger charge is 2.02. The van der Waals surface area contributed by atoms with Crippen molar-refractivity contribution >= 4 is 16.4 Å². The summed E-state index contributed by atoms with van der Waals surface area (Å²) in [5.74, 6) is -0.711. The average molecular weight is 355 g/mol. The molecule has 0 saturated heterocycles. The molecule has 0 spiro atoms. The largest absolute Gasteiger partial charge is 0.481 e. The van der Waals surface area contributed by atoms with Crippen LogP contribution in [0.4, 0.5) is 0 Å². The van der Waals surface area contributed by atoms with Crippen molar-refractivity contribution in [1.29, 1.82) is 0 Å². The molecule has 140 valence electrons. The van der Waals surface area contributed by atoms with Gasteiger partial charge in [-0.1, -0.05) is 71.6 Å². The van der Waals surface area contributed by atoms with Gasteiger partial charge in [0.2, 0.25) is 0 Å². The standard InChI is InChI=1S/C12H26O4S.C4H8O2/c1-2-3-4-5-6-7-8-9-10-11-12-16-17(13,14)15;1-2-3-4(5)6/h2-12H2,1H3,(H,13,14,15);2-3H2,1H3,(H,5,6). The number of carbonyl (C=O) groups is 1. The first-order valence-corrected chi connectivity index (χ1v) is 10.0. The predicted octanol–water partition coefficient (Wildman–Crippen LogP) is 4.60. The van der Waals surface area contributed by atoms with Crippen LogP contribution in [0, 0.1) is 0 Å². The van der Waals surface area contributed by atoms with Crippen molar-refractivity contribution in [1.82, 2.24) is 0 Å². The van der Waals surface area contributed by atoms with Crippen molar-refractivity contribution in [3.8, 4) is 0 Å². The van der Waals surface area contributed by atoms with Gasteiger partial charge in [-0.15, -0.1) is 0 Å². The van der Waals surface area contributed by atoms with Gasteiger partial charge in [-0.25, -0.2) is 4.18 Å². The lowest BCUT2D eigenvalue weighted by Gasteiger charge is -2.02. The topological polar surface area (TPSA) is 101 Å². The molecule has 0 aliphatic heterocycles. The molecule has 0 aliphatic rings. The molecule has 0 aliphatic carbocycles. The van der Waals surface area contributed by atoms with E-state index >= 15 is 0 Å². The number of carboxylic acids is 1. The normalized spacial score (nSPS) is 10.9. The Kier molecular flexibility index (Phi) is 18.9. The summed E-state index contributed by atoms with van der Waals surface area (Å²) in [6.07, 6.45) is 12.9. The maximum absolute atomic E-state index is 10.2. The number of aliphatic carboxylic acids is 1. The minimum atomic E-state index is -4.23. The molecule has 0 fully saturated rings. The molecule has 0 aromatic rings. The van der Waals surface area contributed by atoms with E-state index in [0.29, 0.717) is 12.8 Å². The third-order valence-electron chi connectivity index (χ3n) is 3.19. The summed E-state index contributed by atoms with van der Waals surface area (Å²) in [4.78, 5) is 9.60. The van der Waals surface area contributed by atoms with Crippen molar-refractivity contribution in [3.05, 3.63) is 0 Å². The van der Waals surface area contributed by atoms with E-state index in [9.17, 15) is 13.2 Å². The molecule has 2 N–H and O–H groups in total. The predicted molar refractivity (Wildman–Crippen MR) is 91.9 cm³/mol. The van der Waals surface area contributed by atoms with Crippen LogP contribution >= 0.6 is 0 Å². The minimum absolute atomic E-state index is 0.0926. The molecule has 0 bridgehead atoms. The second-order valence-electron chi connectivity index (χ2n) is 5.58. The van der Waals surface area contributed by atoms with Crippen LogP contribution in [-0.4, -0.2) is 30.7 Å². The zero-order chi connectivity index (χ0) is 18.0. The van der Waals surface area contributed by atoms with E-state index in [1.54, 1.807) is 0 Å². The number of rotatable bonds is 14. The highest BCUT2D eigenvalue weighted by atomic mass is 32.3. The quantitative estimate of drug-likeness (QED) is 0.349. The lowest BCUT2D eigenvalue weighted by atomic mass is 10.1. The molecular formula is C16H34O6S. The molecule has 23 heavy (non-hydrogen) atoms. The third kappa shape index (κ3) is 29.9. The number of carboxylic acid groups (broad SMARTS) is 1. The van der Waals surface area contributed by atoms with Gasteiger partial charge >= 0.3 is 16.4 Å². The van der Waals surface area contributed by atoms with Crippen LogP contribution in [0.25, 0.3) is 0 Å². The first kappa shape index (κ1) is 24.6. The summed E-state index contributed by atoms with van der Waals surface area (Å²) in [7, 11) is -4.23. The van der Waals surface area contributed by atoms with Gasteiger partial charge in [-0.05, 0) is 12.8 Å². The van der Waals surface area contributed by atoms with E-state index in [4.69, 9.17) is 9.66 Å². The van der Waals surface area contributed by atoms with Crippen molar-refractivity contribution in [2.75, 3.05) is 6.61 Å². The molecule has 0 heterocycles. The fraction of sp³-hybridized carbons (Fsp3) is 0.938. The summed E-state index contributed by atoms with van der Waals surface area (Å²) in [5.41, 5.74) is 0. The Balaban J connectivity index is 0. The molecule has 6 nitrogen and oxygen atoms in total. The highest BCUT2D eigenvalue weighted by Crippen LogP contribution is 2.10. The highest BCUT2D eigenvalue weighted by molar-refractivity contribution is 7.80. The van der Waals surface area contributed by atoms with E-state index in [1.807, 2.05) is 6.92 Å². The van der Waals surface area contributed by atoms with Crippen molar-refractivity contribution < 1.29 is 27.1 Å². The smallest absolute Gasteiger partial charge is 0.397 e. The fourth-order valence-electron chi connectivity index (χ4n) is 1.97. The summed E-state index contributed by atoms with van der Waals surface area (Å²) in [6, 6.07) is 0. The molecule has 0 aromatic carbocycles. The second-order valence-corrected chi connectivity index (χ2v) is 6.67. The zero-order valence-corrected chi connectivity index (χ0v) is 15.4. The summed E-state index contributed by atoms with van der Waals surface area (Å²) < 4.78 is 33.0.